The van der Waals surface area contributed by atoms with Crippen LogP contribution in [0.25, 0.3) is 0 Å². The van der Waals surface area contributed by atoms with E-state index in [1.54, 1.807) is 18.2 Å². The molecule has 2 aromatic rings. The Labute approximate surface area is 173 Å². The van der Waals surface area contributed by atoms with Gasteiger partial charge in [-0.1, -0.05) is 24.3 Å². The molecule has 0 bridgehead atoms. The number of halogens is 2. The van der Waals surface area contributed by atoms with E-state index in [2.05, 4.69) is 10.1 Å². The summed E-state index contributed by atoms with van der Waals surface area (Å²) in [6.07, 6.45) is 1.00. The number of nitrogens with one attached hydrogen (secondary N) is 1. The molecule has 0 aromatic heterocycles. The zero-order valence-corrected chi connectivity index (χ0v) is 17.1. The Hall–Kier alpha value is -2.72. The fourth-order valence-corrected chi connectivity index (χ4v) is 5.02. The van der Waals surface area contributed by atoms with Gasteiger partial charge in [-0.15, -0.1) is 0 Å². The van der Waals surface area contributed by atoms with Crippen LogP contribution in [0.4, 0.5) is 8.78 Å². The Morgan fingerprint density at radius 1 is 1.20 bits per heavy atom. The molecule has 1 N–H and O–H groups in total. The number of nitrogens with zero attached hydrogens (tertiary/aromatic N) is 1. The van der Waals surface area contributed by atoms with Gasteiger partial charge in [-0.05, 0) is 42.7 Å². The Balaban J connectivity index is 1.68. The maximum absolute atomic E-state index is 12.9. The third kappa shape index (κ3) is 4.88. The first-order chi connectivity index (χ1) is 14.3. The van der Waals surface area contributed by atoms with Crippen molar-refractivity contribution in [3.8, 4) is 11.5 Å². The van der Waals surface area contributed by atoms with E-state index < -0.39 is 28.6 Å². The summed E-state index contributed by atoms with van der Waals surface area (Å²) in [6, 6.07) is 11.5. The van der Waals surface area contributed by atoms with E-state index in [1.807, 2.05) is 0 Å². The van der Waals surface area contributed by atoms with Gasteiger partial charge in [0.25, 0.3) is 0 Å². The molecule has 1 heterocycles. The van der Waals surface area contributed by atoms with Crippen molar-refractivity contribution in [2.24, 2.45) is 0 Å². The molecule has 3 rings (SSSR count). The third-order valence-corrected chi connectivity index (χ3v) is 6.69. The van der Waals surface area contributed by atoms with Crippen LogP contribution in [0.5, 0.6) is 11.5 Å². The Kier molecular flexibility index (Phi) is 6.88. The number of hydrogen-bond acceptors (Lipinski definition) is 5. The smallest absolute Gasteiger partial charge is 0.387 e. The van der Waals surface area contributed by atoms with Crippen molar-refractivity contribution < 1.29 is 31.5 Å². The quantitative estimate of drug-likeness (QED) is 0.682. The number of carbonyl (C=O) groups is 1. The zero-order chi connectivity index (χ0) is 21.7. The molecule has 1 fully saturated rings. The molecular formula is C20H22F2N2O5S. The molecule has 0 saturated carbocycles. The number of methoxy groups -OCH3 is 1. The molecule has 7 nitrogen and oxygen atoms in total. The summed E-state index contributed by atoms with van der Waals surface area (Å²) in [6.45, 7) is -2.63. The van der Waals surface area contributed by atoms with Gasteiger partial charge in [0.05, 0.1) is 12.0 Å². The lowest BCUT2D eigenvalue weighted by Gasteiger charge is -2.23. The molecule has 2 aromatic carbocycles. The van der Waals surface area contributed by atoms with Crippen LogP contribution in [-0.4, -0.2) is 44.9 Å². The van der Waals surface area contributed by atoms with Crippen LogP contribution in [-0.2, 0) is 21.4 Å². The SMILES string of the molecule is COc1cc(CNC(=O)[C@@H]2CCCN2S(=O)(=O)c2ccccc2)ccc1OC(F)F. The fourth-order valence-electron chi connectivity index (χ4n) is 3.34. The second-order valence-corrected chi connectivity index (χ2v) is 8.56. The van der Waals surface area contributed by atoms with Crippen molar-refractivity contribution in [2.75, 3.05) is 13.7 Å². The number of hydrogen-bond donors (Lipinski definition) is 1. The van der Waals surface area contributed by atoms with Gasteiger partial charge in [0, 0.05) is 13.1 Å². The van der Waals surface area contributed by atoms with E-state index in [0.717, 1.165) is 0 Å². The van der Waals surface area contributed by atoms with E-state index >= 15 is 0 Å². The van der Waals surface area contributed by atoms with Gasteiger partial charge in [-0.3, -0.25) is 4.79 Å². The lowest BCUT2D eigenvalue weighted by atomic mass is 10.1. The topological polar surface area (TPSA) is 84.9 Å². The number of sulfonamides is 1. The van der Waals surface area contributed by atoms with Crippen molar-refractivity contribution in [3.63, 3.8) is 0 Å². The maximum Gasteiger partial charge on any atom is 0.387 e. The minimum Gasteiger partial charge on any atom is -0.493 e. The van der Waals surface area contributed by atoms with Crippen LogP contribution < -0.4 is 14.8 Å². The highest BCUT2D eigenvalue weighted by Gasteiger charge is 2.39. The van der Waals surface area contributed by atoms with Crippen LogP contribution >= 0.6 is 0 Å². The molecule has 1 amide bonds. The van der Waals surface area contributed by atoms with Crippen molar-refractivity contribution in [1.82, 2.24) is 9.62 Å². The average Bonchev–Trinajstić information content (AvgIpc) is 3.24. The monoisotopic (exact) mass is 440 g/mol. The van der Waals surface area contributed by atoms with Crippen molar-refractivity contribution in [3.05, 3.63) is 54.1 Å². The van der Waals surface area contributed by atoms with Crippen LogP contribution in [0.1, 0.15) is 18.4 Å². The standard InChI is InChI=1S/C20H22F2N2O5S/c1-28-18-12-14(9-10-17(18)29-20(21)22)13-23-19(25)16-8-5-11-24(16)30(26,27)15-6-3-2-4-7-15/h2-4,6-7,9-10,12,16,20H,5,8,11,13H2,1H3,(H,23,25)/t16-/m0/s1. The van der Waals surface area contributed by atoms with E-state index in [9.17, 15) is 22.0 Å². The van der Waals surface area contributed by atoms with Gasteiger partial charge >= 0.3 is 6.61 Å². The molecule has 1 atom stereocenters. The minimum absolute atomic E-state index is 0.0832. The van der Waals surface area contributed by atoms with Crippen LogP contribution in [0.2, 0.25) is 0 Å². The Bertz CT molecular complexity index is 986. The van der Waals surface area contributed by atoms with Crippen molar-refractivity contribution >= 4 is 15.9 Å². The van der Waals surface area contributed by atoms with Crippen LogP contribution in [0, 0.1) is 0 Å². The maximum atomic E-state index is 12.9. The molecule has 0 spiro atoms. The molecular weight excluding hydrogens is 418 g/mol. The minimum atomic E-state index is -3.78. The molecule has 0 aliphatic carbocycles. The summed E-state index contributed by atoms with van der Waals surface area (Å²) in [7, 11) is -2.46. The van der Waals surface area contributed by atoms with Crippen molar-refractivity contribution in [1.29, 1.82) is 0 Å². The predicted molar refractivity (Wildman–Crippen MR) is 105 cm³/mol. The summed E-state index contributed by atoms with van der Waals surface area (Å²) in [5.74, 6) is -0.423. The summed E-state index contributed by atoms with van der Waals surface area (Å²) >= 11 is 0. The Morgan fingerprint density at radius 2 is 1.93 bits per heavy atom. The number of alkyl halides is 2. The van der Waals surface area contributed by atoms with Crippen LogP contribution in [0.15, 0.2) is 53.4 Å². The van der Waals surface area contributed by atoms with E-state index in [1.165, 1.54) is 41.7 Å². The summed E-state index contributed by atoms with van der Waals surface area (Å²) < 4.78 is 61.3. The predicted octanol–water partition coefficient (Wildman–Crippen LogP) is 2.77. The van der Waals surface area contributed by atoms with Gasteiger partial charge in [0.15, 0.2) is 11.5 Å². The van der Waals surface area contributed by atoms with Gasteiger partial charge in [-0.2, -0.15) is 13.1 Å². The summed E-state index contributed by atoms with van der Waals surface area (Å²) in [5, 5.41) is 2.72. The second-order valence-electron chi connectivity index (χ2n) is 6.67. The molecule has 0 radical (unpaired) electrons. The Morgan fingerprint density at radius 3 is 2.60 bits per heavy atom. The van der Waals surface area contributed by atoms with E-state index in [0.29, 0.717) is 18.4 Å². The van der Waals surface area contributed by atoms with Gasteiger partial charge in [0.1, 0.15) is 6.04 Å². The van der Waals surface area contributed by atoms with Crippen LogP contribution in [0.3, 0.4) is 0 Å². The molecule has 162 valence electrons. The molecule has 1 aliphatic rings. The normalized spacial score (nSPS) is 17.1. The third-order valence-electron chi connectivity index (χ3n) is 4.77. The molecule has 0 unspecified atom stereocenters. The molecule has 1 aliphatic heterocycles. The number of benzene rings is 2. The first-order valence-corrected chi connectivity index (χ1v) is 10.7. The highest BCUT2D eigenvalue weighted by atomic mass is 32.2. The highest BCUT2D eigenvalue weighted by Crippen LogP contribution is 2.30. The van der Waals surface area contributed by atoms with E-state index in [4.69, 9.17) is 4.74 Å². The summed E-state index contributed by atoms with van der Waals surface area (Å²) in [4.78, 5) is 12.8. The second kappa shape index (κ2) is 9.40. The first-order valence-electron chi connectivity index (χ1n) is 9.29. The first kappa shape index (κ1) is 22.0. The fraction of sp³-hybridized carbons (Fsp3) is 0.350. The lowest BCUT2D eigenvalue weighted by Crippen LogP contribution is -2.45. The number of rotatable bonds is 8. The molecule has 1 saturated heterocycles. The average molecular weight is 440 g/mol. The molecule has 10 heteroatoms. The van der Waals surface area contributed by atoms with Crippen molar-refractivity contribution in [2.45, 2.75) is 36.9 Å². The number of carbonyl (C=O) groups excluding carboxylic acids is 1. The highest BCUT2D eigenvalue weighted by molar-refractivity contribution is 7.89. The van der Waals surface area contributed by atoms with Gasteiger partial charge < -0.3 is 14.8 Å². The van der Waals surface area contributed by atoms with Gasteiger partial charge in [-0.25, -0.2) is 8.42 Å². The number of ether oxygens (including phenoxy) is 2. The van der Waals surface area contributed by atoms with Gasteiger partial charge in [0.2, 0.25) is 15.9 Å². The molecule has 30 heavy (non-hydrogen) atoms. The largest absolute Gasteiger partial charge is 0.493 e. The van der Waals surface area contributed by atoms with E-state index in [-0.39, 0.29) is 29.5 Å². The summed E-state index contributed by atoms with van der Waals surface area (Å²) in [5.41, 5.74) is 0.595. The number of amides is 1. The zero-order valence-electron chi connectivity index (χ0n) is 16.3. The lowest BCUT2D eigenvalue weighted by molar-refractivity contribution is -0.124.